The Balaban J connectivity index is 2.53. The van der Waals surface area contributed by atoms with Crippen molar-refractivity contribution in [1.29, 1.82) is 0 Å². The molecule has 0 bridgehead atoms. The van der Waals surface area contributed by atoms with Crippen molar-refractivity contribution in [2.75, 3.05) is 0 Å². The fourth-order valence-electron chi connectivity index (χ4n) is 1.01. The Morgan fingerprint density at radius 1 is 1.47 bits per heavy atom. The second-order valence-electron chi connectivity index (χ2n) is 2.52. The smallest absolute Gasteiger partial charge is 0.261 e. The van der Waals surface area contributed by atoms with Crippen molar-refractivity contribution in [3.63, 3.8) is 0 Å². The first kappa shape index (κ1) is 9.92. The zero-order valence-electron chi connectivity index (χ0n) is 7.33. The number of thiocarbonyl (C=S) groups is 1. The molecule has 2 aromatic rings. The zero-order chi connectivity index (χ0) is 10.7. The van der Waals surface area contributed by atoms with Gasteiger partial charge in [-0.2, -0.15) is 15.0 Å². The number of aliphatic imine (C=N–C) groups is 1. The van der Waals surface area contributed by atoms with Gasteiger partial charge in [0, 0.05) is 18.5 Å². The highest BCUT2D eigenvalue weighted by Crippen LogP contribution is 2.14. The van der Waals surface area contributed by atoms with E-state index in [-0.39, 0.29) is 11.1 Å². The summed E-state index contributed by atoms with van der Waals surface area (Å²) in [6.07, 6.45) is 4.98. The molecule has 0 aliphatic rings. The minimum Gasteiger partial charge on any atom is -0.290 e. The van der Waals surface area contributed by atoms with Gasteiger partial charge in [0.2, 0.25) is 0 Å². The Morgan fingerprint density at radius 2 is 2.33 bits per heavy atom. The van der Waals surface area contributed by atoms with Gasteiger partial charge in [0.25, 0.3) is 5.95 Å². The van der Waals surface area contributed by atoms with E-state index in [4.69, 9.17) is 11.6 Å². The first-order valence-electron chi connectivity index (χ1n) is 3.90. The molecule has 74 valence electrons. The maximum Gasteiger partial charge on any atom is 0.261 e. The van der Waals surface area contributed by atoms with E-state index in [1.807, 2.05) is 0 Å². The largest absolute Gasteiger partial charge is 0.290 e. The van der Waals surface area contributed by atoms with Crippen LogP contribution in [0.3, 0.4) is 0 Å². The number of hydrogen-bond acceptors (Lipinski definition) is 5. The van der Waals surface area contributed by atoms with Crippen molar-refractivity contribution < 1.29 is 0 Å². The topological polar surface area (TPSA) is 56.0 Å². The van der Waals surface area contributed by atoms with E-state index in [1.54, 1.807) is 29.4 Å². The van der Waals surface area contributed by atoms with Crippen LogP contribution in [0.5, 0.6) is 0 Å². The molecule has 0 aliphatic carbocycles. The molecule has 7 heteroatoms. The maximum atomic E-state index is 5.80. The normalized spacial score (nSPS) is 9.67. The van der Waals surface area contributed by atoms with Crippen LogP contribution in [0.2, 0.25) is 5.15 Å². The molecule has 5 nitrogen and oxygen atoms in total. The Bertz CT molecular complexity index is 518. The molecular weight excluding hydrogens is 234 g/mol. The van der Waals surface area contributed by atoms with Gasteiger partial charge in [-0.1, -0.05) is 11.6 Å². The molecule has 0 radical (unpaired) electrons. The van der Waals surface area contributed by atoms with E-state index in [9.17, 15) is 0 Å². The zero-order valence-corrected chi connectivity index (χ0v) is 8.90. The summed E-state index contributed by atoms with van der Waals surface area (Å²) in [4.78, 5) is 15.5. The predicted octanol–water partition coefficient (Wildman–Crippen LogP) is 2.05. The van der Waals surface area contributed by atoms with Crippen LogP contribution in [-0.2, 0) is 0 Å². The summed E-state index contributed by atoms with van der Waals surface area (Å²) < 4.78 is 1.69. The lowest BCUT2D eigenvalue weighted by atomic mass is 10.5. The van der Waals surface area contributed by atoms with Crippen LogP contribution in [0, 0.1) is 0 Å². The van der Waals surface area contributed by atoms with Crippen LogP contribution in [0.1, 0.15) is 0 Å². The quantitative estimate of drug-likeness (QED) is 0.456. The second-order valence-corrected chi connectivity index (χ2v) is 3.09. The summed E-state index contributed by atoms with van der Waals surface area (Å²) in [5.74, 6) is 0.762. The minimum absolute atomic E-state index is 0.182. The van der Waals surface area contributed by atoms with E-state index in [0.717, 1.165) is 0 Å². The molecule has 0 spiro atoms. The number of hydrogen-bond donors (Lipinski definition) is 0. The van der Waals surface area contributed by atoms with Gasteiger partial charge in [0.1, 0.15) is 17.3 Å². The lowest BCUT2D eigenvalue weighted by molar-refractivity contribution is 0.969. The molecule has 0 saturated heterocycles. The van der Waals surface area contributed by atoms with Crippen LogP contribution >= 0.6 is 23.8 Å². The van der Waals surface area contributed by atoms with Crippen LogP contribution in [-0.4, -0.2) is 24.7 Å². The molecule has 2 heterocycles. The third-order valence-electron chi connectivity index (χ3n) is 1.58. The second kappa shape index (κ2) is 4.27. The van der Waals surface area contributed by atoms with E-state index in [2.05, 4.69) is 37.3 Å². The molecule has 2 aromatic heterocycles. The molecule has 0 atom stereocenters. The van der Waals surface area contributed by atoms with E-state index >= 15 is 0 Å². The van der Waals surface area contributed by atoms with Gasteiger partial charge in [-0.25, -0.2) is 4.98 Å². The molecule has 0 fully saturated rings. The predicted molar refractivity (Wildman–Crippen MR) is 58.9 cm³/mol. The van der Waals surface area contributed by atoms with Crippen molar-refractivity contribution in [3.05, 3.63) is 29.9 Å². The van der Waals surface area contributed by atoms with Gasteiger partial charge in [-0.05, 0) is 12.2 Å². The molecule has 0 N–H and O–H groups in total. The van der Waals surface area contributed by atoms with Crippen LogP contribution in [0.4, 0.5) is 5.95 Å². The lowest BCUT2D eigenvalue weighted by Crippen LogP contribution is -1.95. The fraction of sp³-hybridized carbons (Fsp3) is 0. The summed E-state index contributed by atoms with van der Waals surface area (Å²) in [7, 11) is 0. The highest BCUT2D eigenvalue weighted by molar-refractivity contribution is 7.78. The van der Waals surface area contributed by atoms with Gasteiger partial charge in [-0.3, -0.25) is 4.57 Å². The molecule has 0 aliphatic heterocycles. The Morgan fingerprint density at radius 3 is 3.00 bits per heavy atom. The highest BCUT2D eigenvalue weighted by atomic mass is 35.5. The SMILES string of the molecule is S=C=Nc1nc(Cl)cc(-n2ccnc2)n1. The van der Waals surface area contributed by atoms with Crippen LogP contribution < -0.4 is 0 Å². The summed E-state index contributed by atoms with van der Waals surface area (Å²) in [5, 5.41) is 2.47. The van der Waals surface area contributed by atoms with Gasteiger partial charge >= 0.3 is 0 Å². The van der Waals surface area contributed by atoms with Crippen molar-refractivity contribution in [2.24, 2.45) is 4.99 Å². The highest BCUT2D eigenvalue weighted by Gasteiger charge is 2.03. The number of aromatic nitrogens is 4. The Hall–Kier alpha value is -1.62. The molecule has 0 saturated carbocycles. The summed E-state index contributed by atoms with van der Waals surface area (Å²) in [6.45, 7) is 0. The van der Waals surface area contributed by atoms with Crippen molar-refractivity contribution in [3.8, 4) is 5.82 Å². The standard InChI is InChI=1S/C8H4ClN5S/c9-6-3-7(14-2-1-10-4-14)13-8(12-6)11-5-15/h1-4H. The summed E-state index contributed by atoms with van der Waals surface area (Å²) >= 11 is 10.3. The monoisotopic (exact) mass is 237 g/mol. The third-order valence-corrected chi connectivity index (χ3v) is 1.87. The molecular formula is C8H4ClN5S. The fourth-order valence-corrected chi connectivity index (χ4v) is 1.27. The number of halogens is 1. The van der Waals surface area contributed by atoms with Crippen molar-refractivity contribution in [1.82, 2.24) is 19.5 Å². The number of isothiocyanates is 1. The van der Waals surface area contributed by atoms with Crippen molar-refractivity contribution in [2.45, 2.75) is 0 Å². The first-order chi connectivity index (χ1) is 7.29. The molecule has 15 heavy (non-hydrogen) atoms. The molecule has 0 aromatic carbocycles. The summed E-state index contributed by atoms with van der Waals surface area (Å²) in [5.41, 5.74) is 0. The third kappa shape index (κ3) is 2.24. The van der Waals surface area contributed by atoms with E-state index in [1.165, 1.54) is 0 Å². The Kier molecular flexibility index (Phi) is 2.82. The first-order valence-corrected chi connectivity index (χ1v) is 4.69. The van der Waals surface area contributed by atoms with E-state index < -0.39 is 0 Å². The average Bonchev–Trinajstić information content (AvgIpc) is 2.70. The van der Waals surface area contributed by atoms with Gasteiger partial charge in [0.05, 0.1) is 5.16 Å². The van der Waals surface area contributed by atoms with Crippen molar-refractivity contribution >= 4 is 34.9 Å². The lowest BCUT2D eigenvalue weighted by Gasteiger charge is -2.01. The van der Waals surface area contributed by atoms with Gasteiger partial charge in [0.15, 0.2) is 0 Å². The minimum atomic E-state index is 0.182. The molecule has 2 rings (SSSR count). The average molecular weight is 238 g/mol. The Labute approximate surface area is 95.5 Å². The number of nitrogens with zero attached hydrogens (tertiary/aromatic N) is 5. The molecule has 0 unspecified atom stereocenters. The number of imidazole rings is 1. The van der Waals surface area contributed by atoms with Gasteiger partial charge in [-0.15, -0.1) is 0 Å². The maximum absolute atomic E-state index is 5.80. The van der Waals surface area contributed by atoms with Gasteiger partial charge < -0.3 is 0 Å². The molecule has 0 amide bonds. The summed E-state index contributed by atoms with van der Waals surface area (Å²) in [6, 6.07) is 1.60. The van der Waals surface area contributed by atoms with Crippen LogP contribution in [0.15, 0.2) is 29.8 Å². The number of rotatable bonds is 2. The van der Waals surface area contributed by atoms with Crippen LogP contribution in [0.25, 0.3) is 5.82 Å². The van der Waals surface area contributed by atoms with E-state index in [0.29, 0.717) is 5.82 Å².